The van der Waals surface area contributed by atoms with E-state index >= 15 is 0 Å². The van der Waals surface area contributed by atoms with E-state index in [2.05, 4.69) is 0 Å². The Morgan fingerprint density at radius 2 is 2.10 bits per heavy atom. The van der Waals surface area contributed by atoms with Gasteiger partial charge in [0.2, 0.25) is 0 Å². The van der Waals surface area contributed by atoms with Crippen LogP contribution < -0.4 is 4.89 Å². The van der Waals surface area contributed by atoms with Crippen LogP contribution in [-0.4, -0.2) is 21.7 Å². The molecule has 0 spiro atoms. The standard InChI is InChI=1S/C4H7OP.H3O3P/c5-6-3-1-2-4-6;1-4(2)3/h3H,1-2,4H2;4H,(H2,1,2,3). The molecule has 1 aliphatic heterocycles. The van der Waals surface area contributed by atoms with Crippen LogP contribution in [0, 0.1) is 0 Å². The maximum absolute atomic E-state index is 10.3. The van der Waals surface area contributed by atoms with Gasteiger partial charge in [-0.05, 0) is 6.42 Å². The lowest BCUT2D eigenvalue weighted by Crippen LogP contribution is -1.85. The molecule has 0 aliphatic carbocycles. The Morgan fingerprint density at radius 1 is 1.60 bits per heavy atom. The fourth-order valence-electron chi connectivity index (χ4n) is 0.574. The zero-order valence-electron chi connectivity index (χ0n) is 5.36. The molecule has 6 heteroatoms. The summed E-state index contributed by atoms with van der Waals surface area (Å²) in [6.07, 6.45) is 3.17. The highest BCUT2D eigenvalue weighted by Crippen LogP contribution is 2.18. The van der Waals surface area contributed by atoms with Crippen LogP contribution in [0.4, 0.5) is 0 Å². The van der Waals surface area contributed by atoms with E-state index in [1.54, 1.807) is 0 Å². The molecule has 0 fully saturated rings. The Labute approximate surface area is 60.9 Å². The first kappa shape index (κ1) is 10.3. The quantitative estimate of drug-likeness (QED) is 0.506. The predicted molar refractivity (Wildman–Crippen MR) is 40.5 cm³/mol. The highest BCUT2D eigenvalue weighted by Gasteiger charge is 2.02. The Bertz CT molecular complexity index is 140. The van der Waals surface area contributed by atoms with Crippen molar-refractivity contribution in [2.75, 3.05) is 6.16 Å². The molecular formula is C4H10O4P2. The first-order chi connectivity index (χ1) is 4.63. The third-order valence-electron chi connectivity index (χ3n) is 0.915. The maximum Gasteiger partial charge on any atom is 0.314 e. The molecule has 4 nitrogen and oxygen atoms in total. The fourth-order valence-corrected chi connectivity index (χ4v) is 1.72. The van der Waals surface area contributed by atoms with Gasteiger partial charge in [-0.3, -0.25) is 4.57 Å². The second-order valence-corrected chi connectivity index (χ2v) is 3.96. The second kappa shape index (κ2) is 6.02. The fraction of sp³-hybridized carbons (Fsp3) is 0.750. The van der Waals surface area contributed by atoms with Crippen LogP contribution in [-0.2, 0) is 4.57 Å². The Kier molecular flexibility index (Phi) is 6.19. The van der Waals surface area contributed by atoms with Crippen molar-refractivity contribution in [3.05, 3.63) is 0 Å². The van der Waals surface area contributed by atoms with Crippen LogP contribution >= 0.6 is 16.0 Å². The third-order valence-corrected chi connectivity index (χ3v) is 2.34. The lowest BCUT2D eigenvalue weighted by Gasteiger charge is -1.81. The van der Waals surface area contributed by atoms with E-state index in [9.17, 15) is 4.89 Å². The molecule has 0 radical (unpaired) electrons. The zero-order valence-corrected chi connectivity index (χ0v) is 7.25. The molecule has 0 aromatic carbocycles. The lowest BCUT2D eigenvalue weighted by atomic mass is 10.4. The van der Waals surface area contributed by atoms with Gasteiger partial charge in [0.15, 0.2) is 0 Å². The predicted octanol–water partition coefficient (Wildman–Crippen LogP) is -0.300. The van der Waals surface area contributed by atoms with Crippen molar-refractivity contribution >= 4 is 21.8 Å². The minimum Gasteiger partial charge on any atom is -0.631 e. The Balaban J connectivity index is 0.000000180. The number of hydrogen-bond donors (Lipinski definition) is 2. The van der Waals surface area contributed by atoms with Crippen LogP contribution in [0.25, 0.3) is 0 Å². The summed E-state index contributed by atoms with van der Waals surface area (Å²) in [7, 11) is -3.97. The molecule has 60 valence electrons. The van der Waals surface area contributed by atoms with Gasteiger partial charge in [0, 0.05) is 14.2 Å². The minimum atomic E-state index is -3.13. The molecule has 0 saturated heterocycles. The average molecular weight is 184 g/mol. The summed E-state index contributed by atoms with van der Waals surface area (Å²) < 4.78 is 8.74. The van der Waals surface area contributed by atoms with Crippen molar-refractivity contribution in [3.8, 4) is 0 Å². The number of hydrogen-bond acceptors (Lipinski definition) is 2. The van der Waals surface area contributed by atoms with Gasteiger partial charge in [-0.15, -0.1) is 0 Å². The molecule has 0 aromatic rings. The van der Waals surface area contributed by atoms with E-state index in [0.29, 0.717) is 0 Å². The smallest absolute Gasteiger partial charge is 0.314 e. The molecule has 1 heterocycles. The highest BCUT2D eigenvalue weighted by atomic mass is 31.1. The zero-order chi connectivity index (χ0) is 7.98. The highest BCUT2D eigenvalue weighted by molar-refractivity contribution is 7.50. The molecule has 0 aromatic heterocycles. The van der Waals surface area contributed by atoms with Crippen LogP contribution in [0.3, 0.4) is 0 Å². The van der Waals surface area contributed by atoms with Crippen LogP contribution in [0.2, 0.25) is 0 Å². The van der Waals surface area contributed by atoms with Gasteiger partial charge in [0.1, 0.15) is 6.16 Å². The van der Waals surface area contributed by atoms with Gasteiger partial charge in [0.05, 0.1) is 5.80 Å². The van der Waals surface area contributed by atoms with Gasteiger partial charge in [0.25, 0.3) is 0 Å². The summed E-state index contributed by atoms with van der Waals surface area (Å²) in [4.78, 5) is 24.7. The lowest BCUT2D eigenvalue weighted by molar-refractivity contribution is -0.152. The van der Waals surface area contributed by atoms with E-state index in [1.807, 2.05) is 5.80 Å². The summed E-state index contributed by atoms with van der Waals surface area (Å²) in [6, 6.07) is 0. The Hall–Kier alpha value is 0.280. The Morgan fingerprint density at radius 3 is 2.20 bits per heavy atom. The second-order valence-electron chi connectivity index (χ2n) is 1.75. The van der Waals surface area contributed by atoms with Gasteiger partial charge < -0.3 is 14.7 Å². The van der Waals surface area contributed by atoms with Crippen LogP contribution in [0.5, 0.6) is 0 Å². The van der Waals surface area contributed by atoms with Gasteiger partial charge >= 0.3 is 8.25 Å². The molecule has 0 amide bonds. The third kappa shape index (κ3) is 8.28. The van der Waals surface area contributed by atoms with Gasteiger partial charge in [-0.1, -0.05) is 0 Å². The average Bonchev–Trinajstić information content (AvgIpc) is 2.15. The monoisotopic (exact) mass is 184 g/mol. The van der Waals surface area contributed by atoms with Gasteiger partial charge in [-0.2, -0.15) is 0 Å². The first-order valence-corrected chi connectivity index (χ1v) is 5.63. The summed E-state index contributed by atoms with van der Waals surface area (Å²) in [5.74, 6) is 1.91. The molecule has 1 atom stereocenters. The SMILES string of the molecule is O=[PH](O)O.[O-][P+]1=CCCC1. The molecule has 1 rings (SSSR count). The largest absolute Gasteiger partial charge is 0.631 e. The van der Waals surface area contributed by atoms with Crippen LogP contribution in [0.15, 0.2) is 0 Å². The number of rotatable bonds is 0. The molecular weight excluding hydrogens is 174 g/mol. The minimum absolute atomic E-state index is 0.840. The first-order valence-electron chi connectivity index (χ1n) is 2.82. The maximum atomic E-state index is 10.3. The van der Waals surface area contributed by atoms with E-state index in [4.69, 9.17) is 14.4 Å². The molecule has 1 aliphatic rings. The van der Waals surface area contributed by atoms with Crippen molar-refractivity contribution in [3.63, 3.8) is 0 Å². The van der Waals surface area contributed by atoms with E-state index < -0.39 is 16.0 Å². The van der Waals surface area contributed by atoms with Crippen molar-refractivity contribution in [1.29, 1.82) is 0 Å². The molecule has 0 bridgehead atoms. The molecule has 1 unspecified atom stereocenters. The van der Waals surface area contributed by atoms with Crippen molar-refractivity contribution in [2.45, 2.75) is 12.8 Å². The molecule has 0 saturated carbocycles. The van der Waals surface area contributed by atoms with Crippen molar-refractivity contribution in [1.82, 2.24) is 0 Å². The van der Waals surface area contributed by atoms with Crippen molar-refractivity contribution < 1.29 is 19.2 Å². The summed E-state index contributed by atoms with van der Waals surface area (Å²) in [5.41, 5.74) is 0. The van der Waals surface area contributed by atoms with Crippen molar-refractivity contribution in [2.24, 2.45) is 0 Å². The summed E-state index contributed by atoms with van der Waals surface area (Å²) in [5, 5.41) is 0. The van der Waals surface area contributed by atoms with Gasteiger partial charge in [-0.25, -0.2) is 0 Å². The van der Waals surface area contributed by atoms with E-state index in [0.717, 1.165) is 19.0 Å². The normalized spacial score (nSPS) is 19.8. The van der Waals surface area contributed by atoms with Crippen LogP contribution in [0.1, 0.15) is 12.8 Å². The topological polar surface area (TPSA) is 80.6 Å². The summed E-state index contributed by atoms with van der Waals surface area (Å²) >= 11 is 0. The summed E-state index contributed by atoms with van der Waals surface area (Å²) in [6.45, 7) is 0. The van der Waals surface area contributed by atoms with E-state index in [-0.39, 0.29) is 0 Å². The molecule has 10 heavy (non-hydrogen) atoms. The van der Waals surface area contributed by atoms with E-state index in [1.165, 1.54) is 0 Å². The molecule has 2 N–H and O–H groups in total.